The average molecular weight is 325 g/mol. The molecule has 1 unspecified atom stereocenters. The van der Waals surface area contributed by atoms with Gasteiger partial charge in [0.1, 0.15) is 6.04 Å². The second kappa shape index (κ2) is 6.30. The third kappa shape index (κ3) is 3.03. The smallest absolute Gasteiger partial charge is 0.242 e. The second-order valence-electron chi connectivity index (χ2n) is 6.89. The van der Waals surface area contributed by atoms with Crippen molar-refractivity contribution in [3.63, 3.8) is 0 Å². The summed E-state index contributed by atoms with van der Waals surface area (Å²) in [6.45, 7) is 1.32. The first-order chi connectivity index (χ1) is 11.7. The van der Waals surface area contributed by atoms with Crippen LogP contribution in [0.25, 0.3) is 10.9 Å². The first kappa shape index (κ1) is 15.2. The number of fused-ring (bicyclic) bond motifs is 1. The molecule has 2 fully saturated rings. The number of aromatic amines is 1. The normalized spacial score (nSPS) is 20.5. The number of amides is 2. The zero-order valence-electron chi connectivity index (χ0n) is 13.8. The molecule has 2 amide bonds. The van der Waals surface area contributed by atoms with Crippen LogP contribution in [0.5, 0.6) is 0 Å². The van der Waals surface area contributed by atoms with E-state index in [0.717, 1.165) is 49.9 Å². The van der Waals surface area contributed by atoms with Gasteiger partial charge in [0.25, 0.3) is 0 Å². The average Bonchev–Trinajstić information content (AvgIpc) is 3.17. The van der Waals surface area contributed by atoms with E-state index in [1.165, 1.54) is 5.39 Å². The Morgan fingerprint density at radius 3 is 2.83 bits per heavy atom. The van der Waals surface area contributed by atoms with Crippen LogP contribution in [0.1, 0.15) is 31.4 Å². The molecule has 0 radical (unpaired) electrons. The number of aromatic nitrogens is 1. The van der Waals surface area contributed by atoms with Gasteiger partial charge in [0.15, 0.2) is 0 Å². The Bertz CT molecular complexity index is 730. The maximum Gasteiger partial charge on any atom is 0.242 e. The molecule has 1 aromatic heterocycles. The predicted molar refractivity (Wildman–Crippen MR) is 92.5 cm³/mol. The van der Waals surface area contributed by atoms with Gasteiger partial charge in [0, 0.05) is 36.6 Å². The molecule has 0 bridgehead atoms. The fourth-order valence-electron chi connectivity index (χ4n) is 3.57. The van der Waals surface area contributed by atoms with Crippen molar-refractivity contribution < 1.29 is 9.59 Å². The number of benzene rings is 1. The summed E-state index contributed by atoms with van der Waals surface area (Å²) in [5, 5.41) is 4.20. The first-order valence-electron chi connectivity index (χ1n) is 8.87. The van der Waals surface area contributed by atoms with Gasteiger partial charge in [0.05, 0.1) is 0 Å². The number of likely N-dealkylation sites (tertiary alicyclic amines) is 1. The van der Waals surface area contributed by atoms with Crippen LogP contribution >= 0.6 is 0 Å². The number of nitrogens with one attached hydrogen (secondary N) is 2. The summed E-state index contributed by atoms with van der Waals surface area (Å²) >= 11 is 0. The topological polar surface area (TPSA) is 65.2 Å². The lowest BCUT2D eigenvalue weighted by Crippen LogP contribution is -2.46. The maximum absolute atomic E-state index is 12.5. The molecule has 4 rings (SSSR count). The monoisotopic (exact) mass is 325 g/mol. The number of rotatable bonds is 5. The number of carbonyl (C=O) groups is 2. The molecular formula is C19H23N3O2. The van der Waals surface area contributed by atoms with Crippen LogP contribution in [0.15, 0.2) is 30.3 Å². The van der Waals surface area contributed by atoms with Crippen LogP contribution in [0.3, 0.4) is 0 Å². The molecule has 0 spiro atoms. The fraction of sp³-hybridized carbons (Fsp3) is 0.474. The molecule has 2 aliphatic rings. The first-order valence-corrected chi connectivity index (χ1v) is 8.87. The Balaban J connectivity index is 1.31. The molecule has 24 heavy (non-hydrogen) atoms. The van der Waals surface area contributed by atoms with Gasteiger partial charge in [-0.15, -0.1) is 0 Å². The van der Waals surface area contributed by atoms with Crippen molar-refractivity contribution in [2.45, 2.75) is 38.1 Å². The molecule has 1 saturated heterocycles. The SMILES string of the molecule is O=C(NCCc1cc2ccccc2[nH]1)C1CCCN1C(=O)C1CC1. The van der Waals surface area contributed by atoms with Crippen molar-refractivity contribution in [3.8, 4) is 0 Å². The summed E-state index contributed by atoms with van der Waals surface area (Å²) in [6.07, 6.45) is 4.47. The Hall–Kier alpha value is -2.30. The molecule has 2 heterocycles. The summed E-state index contributed by atoms with van der Waals surface area (Å²) < 4.78 is 0. The van der Waals surface area contributed by atoms with E-state index >= 15 is 0 Å². The highest BCUT2D eigenvalue weighted by atomic mass is 16.2. The van der Waals surface area contributed by atoms with Gasteiger partial charge in [-0.25, -0.2) is 0 Å². The van der Waals surface area contributed by atoms with E-state index in [0.29, 0.717) is 6.54 Å². The number of hydrogen-bond acceptors (Lipinski definition) is 2. The molecule has 2 N–H and O–H groups in total. The molecule has 5 nitrogen and oxygen atoms in total. The van der Waals surface area contributed by atoms with Crippen molar-refractivity contribution in [2.75, 3.05) is 13.1 Å². The number of H-pyrrole nitrogens is 1. The lowest BCUT2D eigenvalue weighted by Gasteiger charge is -2.24. The lowest BCUT2D eigenvalue weighted by molar-refractivity contribution is -0.139. The van der Waals surface area contributed by atoms with Crippen molar-refractivity contribution >= 4 is 22.7 Å². The van der Waals surface area contributed by atoms with Gasteiger partial charge in [-0.2, -0.15) is 0 Å². The van der Waals surface area contributed by atoms with Crippen LogP contribution in [0.2, 0.25) is 0 Å². The van der Waals surface area contributed by atoms with Gasteiger partial charge in [-0.3, -0.25) is 9.59 Å². The van der Waals surface area contributed by atoms with Crippen LogP contribution in [0, 0.1) is 5.92 Å². The molecule has 1 atom stereocenters. The van der Waals surface area contributed by atoms with Crippen molar-refractivity contribution in [1.82, 2.24) is 15.2 Å². The van der Waals surface area contributed by atoms with Gasteiger partial charge < -0.3 is 15.2 Å². The lowest BCUT2D eigenvalue weighted by atomic mass is 10.2. The van der Waals surface area contributed by atoms with Gasteiger partial charge in [0.2, 0.25) is 11.8 Å². The third-order valence-corrected chi connectivity index (χ3v) is 5.04. The minimum absolute atomic E-state index is 0.00221. The highest BCUT2D eigenvalue weighted by molar-refractivity contribution is 5.90. The zero-order chi connectivity index (χ0) is 16.5. The summed E-state index contributed by atoms with van der Waals surface area (Å²) in [6, 6.07) is 10.0. The Morgan fingerprint density at radius 2 is 2.04 bits per heavy atom. The molecule has 2 aromatic rings. The van der Waals surface area contributed by atoms with Crippen LogP contribution in [-0.4, -0.2) is 40.8 Å². The molecular weight excluding hydrogens is 302 g/mol. The third-order valence-electron chi connectivity index (χ3n) is 5.04. The minimum atomic E-state index is -0.263. The number of para-hydroxylation sites is 1. The van der Waals surface area contributed by atoms with Crippen LogP contribution in [-0.2, 0) is 16.0 Å². The van der Waals surface area contributed by atoms with Crippen molar-refractivity contribution in [2.24, 2.45) is 5.92 Å². The van der Waals surface area contributed by atoms with Crippen LogP contribution < -0.4 is 5.32 Å². The van der Waals surface area contributed by atoms with Gasteiger partial charge in [-0.05, 0) is 43.2 Å². The minimum Gasteiger partial charge on any atom is -0.358 e. The second-order valence-corrected chi connectivity index (χ2v) is 6.89. The van der Waals surface area contributed by atoms with Crippen LogP contribution in [0.4, 0.5) is 0 Å². The Morgan fingerprint density at radius 1 is 1.21 bits per heavy atom. The molecule has 126 valence electrons. The maximum atomic E-state index is 12.5. The molecule has 5 heteroatoms. The molecule has 1 aliphatic carbocycles. The van der Waals surface area contributed by atoms with E-state index in [-0.39, 0.29) is 23.8 Å². The Kier molecular flexibility index (Phi) is 4.00. The molecule has 1 aromatic carbocycles. The van der Waals surface area contributed by atoms with Crippen molar-refractivity contribution in [1.29, 1.82) is 0 Å². The van der Waals surface area contributed by atoms with E-state index in [9.17, 15) is 9.59 Å². The van der Waals surface area contributed by atoms with E-state index in [1.54, 1.807) is 4.90 Å². The van der Waals surface area contributed by atoms with E-state index in [1.807, 2.05) is 12.1 Å². The Labute approximate surface area is 141 Å². The summed E-state index contributed by atoms with van der Waals surface area (Å²) in [5.74, 6) is 0.366. The predicted octanol–water partition coefficient (Wildman–Crippen LogP) is 2.23. The van der Waals surface area contributed by atoms with Crippen molar-refractivity contribution in [3.05, 3.63) is 36.0 Å². The highest BCUT2D eigenvalue weighted by Crippen LogP contribution is 2.33. The van der Waals surface area contributed by atoms with E-state index < -0.39 is 0 Å². The molecule has 1 aliphatic heterocycles. The number of hydrogen-bond donors (Lipinski definition) is 2. The largest absolute Gasteiger partial charge is 0.358 e. The van der Waals surface area contributed by atoms with Gasteiger partial charge >= 0.3 is 0 Å². The quantitative estimate of drug-likeness (QED) is 0.885. The molecule has 1 saturated carbocycles. The summed E-state index contributed by atoms with van der Waals surface area (Å²) in [4.78, 5) is 29.9. The number of carbonyl (C=O) groups excluding carboxylic acids is 2. The van der Waals surface area contributed by atoms with Gasteiger partial charge in [-0.1, -0.05) is 18.2 Å². The highest BCUT2D eigenvalue weighted by Gasteiger charge is 2.40. The zero-order valence-corrected chi connectivity index (χ0v) is 13.8. The fourth-order valence-corrected chi connectivity index (χ4v) is 3.57. The van der Waals surface area contributed by atoms with E-state index in [4.69, 9.17) is 0 Å². The summed E-state index contributed by atoms with van der Waals surface area (Å²) in [5.41, 5.74) is 2.24. The number of nitrogens with zero attached hydrogens (tertiary/aromatic N) is 1. The summed E-state index contributed by atoms with van der Waals surface area (Å²) in [7, 11) is 0. The van der Waals surface area contributed by atoms with E-state index in [2.05, 4.69) is 28.5 Å². The standard InChI is InChI=1S/C19H23N3O2/c23-18(17-6-3-11-22(17)19(24)13-7-8-13)20-10-9-15-12-14-4-1-2-5-16(14)21-15/h1-2,4-5,12-13,17,21H,3,6-11H2,(H,20,23).